The summed E-state index contributed by atoms with van der Waals surface area (Å²) in [4.78, 5) is 15.6. The third kappa shape index (κ3) is 1.21. The van der Waals surface area contributed by atoms with Gasteiger partial charge in [0.05, 0.1) is 0 Å². The molecule has 0 aromatic carbocycles. The molecule has 0 aliphatic heterocycles. The number of hydrazine groups is 1. The Labute approximate surface area is 79.4 Å². The van der Waals surface area contributed by atoms with Crippen molar-refractivity contribution >= 4 is 11.5 Å². The van der Waals surface area contributed by atoms with E-state index in [1.54, 1.807) is 19.1 Å². The molecule has 0 unspecified atom stereocenters. The van der Waals surface area contributed by atoms with Gasteiger partial charge >= 0.3 is 0 Å². The summed E-state index contributed by atoms with van der Waals surface area (Å²) >= 11 is 0. The highest BCUT2D eigenvalue weighted by Gasteiger charge is 2.02. The summed E-state index contributed by atoms with van der Waals surface area (Å²) in [6.45, 7) is 1.69. The highest BCUT2D eigenvalue weighted by Crippen LogP contribution is 2.01. The molecule has 0 fully saturated rings. The number of nitrogen functional groups attached to an aromatic ring is 1. The molecule has 2 rings (SSSR count). The summed E-state index contributed by atoms with van der Waals surface area (Å²) in [6, 6.07) is 3.32. The number of nitrogens with one attached hydrogen (secondary N) is 1. The molecule has 0 spiro atoms. The fourth-order valence-corrected chi connectivity index (χ4v) is 1.13. The second-order valence-electron chi connectivity index (χ2n) is 2.88. The molecule has 0 saturated carbocycles. The van der Waals surface area contributed by atoms with Crippen LogP contribution in [-0.4, -0.2) is 14.6 Å². The zero-order valence-corrected chi connectivity index (χ0v) is 7.56. The van der Waals surface area contributed by atoms with Crippen molar-refractivity contribution in [2.75, 3.05) is 5.43 Å². The summed E-state index contributed by atoms with van der Waals surface area (Å²) in [6.07, 6.45) is 1.52. The number of hydrogen-bond acceptors (Lipinski definition) is 5. The van der Waals surface area contributed by atoms with Crippen molar-refractivity contribution in [1.29, 1.82) is 0 Å². The van der Waals surface area contributed by atoms with Crippen LogP contribution in [0.25, 0.3) is 5.65 Å². The van der Waals surface area contributed by atoms with Gasteiger partial charge in [-0.1, -0.05) is 0 Å². The predicted molar refractivity (Wildman–Crippen MR) is 51.8 cm³/mol. The third-order valence-corrected chi connectivity index (χ3v) is 1.88. The third-order valence-electron chi connectivity index (χ3n) is 1.88. The predicted octanol–water partition coefficient (Wildman–Crippen LogP) is -0.316. The highest BCUT2D eigenvalue weighted by molar-refractivity contribution is 5.43. The van der Waals surface area contributed by atoms with Crippen molar-refractivity contribution in [1.82, 2.24) is 14.6 Å². The molecule has 2 heterocycles. The lowest BCUT2D eigenvalue weighted by molar-refractivity contribution is 0.855. The molecule has 0 aliphatic rings. The Morgan fingerprint density at radius 1 is 1.50 bits per heavy atom. The summed E-state index contributed by atoms with van der Waals surface area (Å²) < 4.78 is 1.21. The molecular formula is C8H9N5O. The Morgan fingerprint density at radius 2 is 2.29 bits per heavy atom. The van der Waals surface area contributed by atoms with E-state index in [0.29, 0.717) is 17.0 Å². The molecule has 2 aromatic heterocycles. The van der Waals surface area contributed by atoms with Crippen LogP contribution in [0.15, 0.2) is 23.1 Å². The van der Waals surface area contributed by atoms with Crippen molar-refractivity contribution in [3.05, 3.63) is 34.2 Å². The molecule has 6 heteroatoms. The number of hydrogen-bond donors (Lipinski definition) is 2. The van der Waals surface area contributed by atoms with E-state index in [-0.39, 0.29) is 5.56 Å². The monoisotopic (exact) mass is 191 g/mol. The normalized spacial score (nSPS) is 10.4. The Morgan fingerprint density at radius 3 is 3.00 bits per heavy atom. The van der Waals surface area contributed by atoms with Gasteiger partial charge in [-0.3, -0.25) is 4.79 Å². The van der Waals surface area contributed by atoms with E-state index in [9.17, 15) is 4.79 Å². The zero-order chi connectivity index (χ0) is 10.1. The average molecular weight is 191 g/mol. The molecule has 0 atom stereocenters. The van der Waals surface area contributed by atoms with Crippen molar-refractivity contribution in [3.8, 4) is 0 Å². The Bertz CT molecular complexity index is 533. The molecule has 6 nitrogen and oxygen atoms in total. The van der Waals surface area contributed by atoms with Crippen LogP contribution in [0.5, 0.6) is 0 Å². The van der Waals surface area contributed by atoms with Crippen molar-refractivity contribution < 1.29 is 0 Å². The largest absolute Gasteiger partial charge is 0.307 e. The highest BCUT2D eigenvalue weighted by atomic mass is 16.1. The second kappa shape index (κ2) is 3.08. The van der Waals surface area contributed by atoms with Crippen LogP contribution in [-0.2, 0) is 0 Å². The number of aromatic nitrogens is 3. The lowest BCUT2D eigenvalue weighted by Gasteiger charge is -2.02. The van der Waals surface area contributed by atoms with Crippen molar-refractivity contribution in [2.24, 2.45) is 5.84 Å². The van der Waals surface area contributed by atoms with Crippen LogP contribution in [0.4, 0.5) is 5.82 Å². The van der Waals surface area contributed by atoms with Crippen molar-refractivity contribution in [2.45, 2.75) is 6.92 Å². The standard InChI is InChI=1S/C8H9N5O/c1-5-4-10-7-3-2-6(11-9)12-13(7)8(5)14/h2-4H,9H2,1H3,(H,11,12). The molecule has 72 valence electrons. The number of rotatable bonds is 1. The molecular weight excluding hydrogens is 182 g/mol. The minimum Gasteiger partial charge on any atom is -0.307 e. The number of fused-ring (bicyclic) bond motifs is 1. The molecule has 14 heavy (non-hydrogen) atoms. The maximum atomic E-state index is 11.6. The fourth-order valence-electron chi connectivity index (χ4n) is 1.13. The Balaban J connectivity index is 2.85. The van der Waals surface area contributed by atoms with Crippen LogP contribution < -0.4 is 16.8 Å². The summed E-state index contributed by atoms with van der Waals surface area (Å²) in [5, 5.41) is 3.96. The van der Waals surface area contributed by atoms with Gasteiger partial charge in [-0.05, 0) is 19.1 Å². The van der Waals surface area contributed by atoms with Crippen LogP contribution in [0.1, 0.15) is 5.56 Å². The molecule has 2 aromatic rings. The van der Waals surface area contributed by atoms with E-state index in [1.165, 1.54) is 10.7 Å². The summed E-state index contributed by atoms with van der Waals surface area (Å²) in [7, 11) is 0. The van der Waals surface area contributed by atoms with Crippen molar-refractivity contribution in [3.63, 3.8) is 0 Å². The molecule has 0 aliphatic carbocycles. The number of anilines is 1. The van der Waals surface area contributed by atoms with Gasteiger partial charge in [-0.2, -0.15) is 4.52 Å². The van der Waals surface area contributed by atoms with Gasteiger partial charge in [0.2, 0.25) is 0 Å². The van der Waals surface area contributed by atoms with Gasteiger partial charge in [-0.15, -0.1) is 5.10 Å². The quantitative estimate of drug-likeness (QED) is 0.476. The Hall–Kier alpha value is -1.95. The van der Waals surface area contributed by atoms with Crippen LogP contribution >= 0.6 is 0 Å². The first-order valence-electron chi connectivity index (χ1n) is 4.04. The lowest BCUT2D eigenvalue weighted by Crippen LogP contribution is -2.21. The van der Waals surface area contributed by atoms with E-state index in [1.807, 2.05) is 0 Å². The van der Waals surface area contributed by atoms with Gasteiger partial charge in [0, 0.05) is 11.8 Å². The first kappa shape index (κ1) is 8.64. The van der Waals surface area contributed by atoms with E-state index in [4.69, 9.17) is 5.84 Å². The lowest BCUT2D eigenvalue weighted by atomic mass is 10.4. The average Bonchev–Trinajstić information content (AvgIpc) is 2.23. The van der Waals surface area contributed by atoms with Gasteiger partial charge in [0.15, 0.2) is 11.5 Å². The minimum atomic E-state index is -0.188. The molecule has 0 bridgehead atoms. The van der Waals surface area contributed by atoms with Crippen LogP contribution in [0.3, 0.4) is 0 Å². The number of aryl methyl sites for hydroxylation is 1. The molecule has 0 radical (unpaired) electrons. The second-order valence-corrected chi connectivity index (χ2v) is 2.88. The zero-order valence-electron chi connectivity index (χ0n) is 7.56. The molecule has 3 N–H and O–H groups in total. The van der Waals surface area contributed by atoms with E-state index < -0.39 is 0 Å². The molecule has 0 saturated heterocycles. The van der Waals surface area contributed by atoms with E-state index in [0.717, 1.165) is 0 Å². The molecule has 0 amide bonds. The first-order valence-corrected chi connectivity index (χ1v) is 4.04. The van der Waals surface area contributed by atoms with E-state index in [2.05, 4.69) is 15.5 Å². The smallest absolute Gasteiger partial charge is 0.277 e. The first-order chi connectivity index (χ1) is 6.72. The summed E-state index contributed by atoms with van der Waals surface area (Å²) in [5.41, 5.74) is 3.22. The van der Waals surface area contributed by atoms with Crippen LogP contribution in [0, 0.1) is 6.92 Å². The van der Waals surface area contributed by atoms with Gasteiger partial charge in [0.1, 0.15) is 0 Å². The Kier molecular flexibility index (Phi) is 1.90. The van der Waals surface area contributed by atoms with Gasteiger partial charge in [-0.25, -0.2) is 10.8 Å². The fraction of sp³-hybridized carbons (Fsp3) is 0.125. The maximum absolute atomic E-state index is 11.6. The van der Waals surface area contributed by atoms with E-state index >= 15 is 0 Å². The summed E-state index contributed by atoms with van der Waals surface area (Å²) in [5.74, 6) is 5.60. The van der Waals surface area contributed by atoms with Gasteiger partial charge in [0.25, 0.3) is 5.56 Å². The number of nitrogens with zero attached hydrogens (tertiary/aromatic N) is 3. The van der Waals surface area contributed by atoms with Crippen LogP contribution in [0.2, 0.25) is 0 Å². The number of nitrogens with two attached hydrogens (primary N) is 1. The van der Waals surface area contributed by atoms with Gasteiger partial charge < -0.3 is 5.43 Å². The SMILES string of the molecule is Cc1cnc2ccc(NN)nn2c1=O. The maximum Gasteiger partial charge on any atom is 0.277 e. The minimum absolute atomic E-state index is 0.188. The topological polar surface area (TPSA) is 85.3 Å².